The van der Waals surface area contributed by atoms with Gasteiger partial charge in [0.05, 0.1) is 0 Å². The summed E-state index contributed by atoms with van der Waals surface area (Å²) < 4.78 is 12.0. The van der Waals surface area contributed by atoms with Crippen LogP contribution in [-0.4, -0.2) is 5.11 Å². The van der Waals surface area contributed by atoms with Gasteiger partial charge < -0.3 is 5.11 Å². The SMILES string of the molecule is Oc1cccc(F)c1.[Zr]. The largest absolute Gasteiger partial charge is 0.508 e. The number of benzene rings is 1. The number of hydrogen-bond acceptors (Lipinski definition) is 1. The van der Waals surface area contributed by atoms with Gasteiger partial charge in [0, 0.05) is 32.3 Å². The molecule has 0 bridgehead atoms. The number of halogens is 1. The molecule has 9 heavy (non-hydrogen) atoms. The Labute approximate surface area is 71.6 Å². The summed E-state index contributed by atoms with van der Waals surface area (Å²) in [7, 11) is 0. The van der Waals surface area contributed by atoms with Gasteiger partial charge >= 0.3 is 0 Å². The van der Waals surface area contributed by atoms with Crippen molar-refractivity contribution in [2.45, 2.75) is 0 Å². The van der Waals surface area contributed by atoms with Crippen LogP contribution in [0.5, 0.6) is 5.75 Å². The van der Waals surface area contributed by atoms with Crippen LogP contribution in [0.3, 0.4) is 0 Å². The molecule has 0 aliphatic heterocycles. The van der Waals surface area contributed by atoms with Gasteiger partial charge in [0.2, 0.25) is 0 Å². The standard InChI is InChI=1S/C6H5FO.Zr/c7-5-2-1-3-6(8)4-5;/h1-4,8H;. The Hall–Kier alpha value is -0.167. The maximum absolute atomic E-state index is 12.0. The van der Waals surface area contributed by atoms with Crippen LogP contribution in [0.15, 0.2) is 24.3 Å². The van der Waals surface area contributed by atoms with Gasteiger partial charge in [0.15, 0.2) is 0 Å². The average Bonchev–Trinajstić information content (AvgIpc) is 1.64. The molecule has 0 atom stereocenters. The first kappa shape index (κ1) is 8.83. The number of rotatable bonds is 0. The van der Waals surface area contributed by atoms with Gasteiger partial charge in [-0.05, 0) is 12.1 Å². The van der Waals surface area contributed by atoms with Crippen LogP contribution in [0, 0.1) is 5.82 Å². The Bertz CT molecular complexity index is 173. The van der Waals surface area contributed by atoms with Crippen molar-refractivity contribution in [3.8, 4) is 5.75 Å². The second-order valence-electron chi connectivity index (χ2n) is 1.48. The van der Waals surface area contributed by atoms with Crippen LogP contribution in [0.25, 0.3) is 0 Å². The maximum atomic E-state index is 12.0. The molecule has 1 aromatic carbocycles. The first-order chi connectivity index (χ1) is 3.79. The second-order valence-corrected chi connectivity index (χ2v) is 1.48. The van der Waals surface area contributed by atoms with Crippen LogP contribution < -0.4 is 0 Å². The first-order valence-electron chi connectivity index (χ1n) is 2.23. The Balaban J connectivity index is 0.000000640. The van der Waals surface area contributed by atoms with E-state index in [0.717, 1.165) is 6.07 Å². The van der Waals surface area contributed by atoms with Crippen LogP contribution >= 0.6 is 0 Å². The van der Waals surface area contributed by atoms with E-state index in [0.29, 0.717) is 0 Å². The van der Waals surface area contributed by atoms with Crippen molar-refractivity contribution >= 4 is 0 Å². The Morgan fingerprint density at radius 2 is 2.00 bits per heavy atom. The Morgan fingerprint density at radius 1 is 1.33 bits per heavy atom. The fourth-order valence-corrected chi connectivity index (χ4v) is 0.476. The van der Waals surface area contributed by atoms with E-state index in [2.05, 4.69) is 0 Å². The minimum atomic E-state index is -0.412. The number of hydrogen-bond donors (Lipinski definition) is 1. The maximum Gasteiger partial charge on any atom is 0.126 e. The molecule has 0 saturated carbocycles. The fourth-order valence-electron chi connectivity index (χ4n) is 0.476. The number of phenols is 1. The zero-order valence-corrected chi connectivity index (χ0v) is 7.09. The number of aromatic hydroxyl groups is 1. The molecule has 0 spiro atoms. The minimum absolute atomic E-state index is 0. The molecule has 46 valence electrons. The van der Waals surface area contributed by atoms with Crippen molar-refractivity contribution in [3.63, 3.8) is 0 Å². The molecule has 0 amide bonds. The molecule has 1 N–H and O–H groups in total. The second kappa shape index (κ2) is 3.78. The van der Waals surface area contributed by atoms with Crippen LogP contribution in [0.2, 0.25) is 0 Å². The monoisotopic (exact) mass is 202 g/mol. The molecule has 0 unspecified atom stereocenters. The van der Waals surface area contributed by atoms with Crippen molar-refractivity contribution in [3.05, 3.63) is 30.1 Å². The van der Waals surface area contributed by atoms with Crippen LogP contribution in [-0.2, 0) is 26.2 Å². The molecular weight excluding hydrogens is 198 g/mol. The smallest absolute Gasteiger partial charge is 0.126 e. The molecule has 1 nitrogen and oxygen atoms in total. The van der Waals surface area contributed by atoms with E-state index in [1.807, 2.05) is 0 Å². The predicted octanol–water partition coefficient (Wildman–Crippen LogP) is 1.53. The molecule has 1 aromatic rings. The van der Waals surface area contributed by atoms with Gasteiger partial charge in [-0.25, -0.2) is 4.39 Å². The molecule has 0 aliphatic carbocycles. The van der Waals surface area contributed by atoms with Crippen molar-refractivity contribution in [2.24, 2.45) is 0 Å². The van der Waals surface area contributed by atoms with E-state index in [1.165, 1.54) is 18.2 Å². The fraction of sp³-hybridized carbons (Fsp3) is 0. The van der Waals surface area contributed by atoms with E-state index in [-0.39, 0.29) is 32.0 Å². The van der Waals surface area contributed by atoms with Gasteiger partial charge in [0.25, 0.3) is 0 Å². The van der Waals surface area contributed by atoms with Crippen molar-refractivity contribution in [1.29, 1.82) is 0 Å². The van der Waals surface area contributed by atoms with Gasteiger partial charge in [0.1, 0.15) is 11.6 Å². The van der Waals surface area contributed by atoms with Crippen LogP contribution in [0.1, 0.15) is 0 Å². The van der Waals surface area contributed by atoms with Crippen LogP contribution in [0.4, 0.5) is 4.39 Å². The molecule has 0 radical (unpaired) electrons. The van der Waals surface area contributed by atoms with Crippen molar-refractivity contribution in [1.82, 2.24) is 0 Å². The van der Waals surface area contributed by atoms with E-state index in [4.69, 9.17) is 5.11 Å². The summed E-state index contributed by atoms with van der Waals surface area (Å²) in [6.07, 6.45) is 0. The molecule has 1 rings (SSSR count). The van der Waals surface area contributed by atoms with Crippen molar-refractivity contribution in [2.75, 3.05) is 0 Å². The zero-order valence-electron chi connectivity index (χ0n) is 4.63. The van der Waals surface area contributed by atoms with E-state index in [1.54, 1.807) is 0 Å². The summed E-state index contributed by atoms with van der Waals surface area (Å²) >= 11 is 0. The average molecular weight is 203 g/mol. The Morgan fingerprint density at radius 3 is 2.33 bits per heavy atom. The molecule has 0 aromatic heterocycles. The molecule has 0 heterocycles. The summed E-state index contributed by atoms with van der Waals surface area (Å²) in [5, 5.41) is 8.57. The topological polar surface area (TPSA) is 20.2 Å². The summed E-state index contributed by atoms with van der Waals surface area (Å²) in [6.45, 7) is 0. The van der Waals surface area contributed by atoms with Gasteiger partial charge in [-0.3, -0.25) is 0 Å². The third-order valence-electron chi connectivity index (χ3n) is 0.808. The first-order valence-corrected chi connectivity index (χ1v) is 2.23. The van der Waals surface area contributed by atoms with Gasteiger partial charge in [-0.1, -0.05) is 6.07 Å². The minimum Gasteiger partial charge on any atom is -0.508 e. The molecular formula is C6H5FOZr. The molecule has 0 fully saturated rings. The normalized spacial score (nSPS) is 8.11. The van der Waals surface area contributed by atoms with Gasteiger partial charge in [-0.2, -0.15) is 0 Å². The van der Waals surface area contributed by atoms with Crippen molar-refractivity contribution < 1.29 is 35.7 Å². The number of phenolic OH excluding ortho intramolecular Hbond substituents is 1. The summed E-state index contributed by atoms with van der Waals surface area (Å²) in [6, 6.07) is 5.20. The predicted molar refractivity (Wildman–Crippen MR) is 28.1 cm³/mol. The summed E-state index contributed by atoms with van der Waals surface area (Å²) in [4.78, 5) is 0. The quantitative estimate of drug-likeness (QED) is 0.678. The zero-order chi connectivity index (χ0) is 5.98. The Kier molecular flexibility index (Phi) is 3.71. The van der Waals surface area contributed by atoms with E-state index < -0.39 is 5.82 Å². The molecule has 0 saturated heterocycles. The summed E-state index contributed by atoms with van der Waals surface area (Å²) in [5.41, 5.74) is 0. The molecule has 3 heteroatoms. The molecule has 0 aliphatic rings. The third kappa shape index (κ3) is 2.76. The third-order valence-corrected chi connectivity index (χ3v) is 0.808. The van der Waals surface area contributed by atoms with E-state index in [9.17, 15) is 4.39 Å². The summed E-state index contributed by atoms with van der Waals surface area (Å²) in [5.74, 6) is -0.449. The van der Waals surface area contributed by atoms with E-state index >= 15 is 0 Å². The van der Waals surface area contributed by atoms with Gasteiger partial charge in [-0.15, -0.1) is 0 Å².